The van der Waals surface area contributed by atoms with E-state index in [0.717, 1.165) is 36.9 Å². The van der Waals surface area contributed by atoms with Crippen LogP contribution in [0.15, 0.2) is 24.3 Å². The van der Waals surface area contributed by atoms with Gasteiger partial charge in [0.05, 0.1) is 0 Å². The van der Waals surface area contributed by atoms with E-state index in [1.54, 1.807) is 0 Å². The van der Waals surface area contributed by atoms with E-state index < -0.39 is 12.2 Å². The molecule has 1 rings (SSSR count). The second kappa shape index (κ2) is 16.7. The van der Waals surface area contributed by atoms with Crippen molar-refractivity contribution in [2.75, 3.05) is 26.7 Å². The van der Waals surface area contributed by atoms with E-state index in [1.807, 2.05) is 31.3 Å². The van der Waals surface area contributed by atoms with Crippen LogP contribution in [0.2, 0.25) is 0 Å². The van der Waals surface area contributed by atoms with Crippen molar-refractivity contribution in [1.82, 2.24) is 16.0 Å². The molecule has 0 aromatic heterocycles. The molecule has 0 bridgehead atoms. The fourth-order valence-corrected chi connectivity index (χ4v) is 2.78. The Morgan fingerprint density at radius 3 is 1.83 bits per heavy atom. The van der Waals surface area contributed by atoms with Gasteiger partial charge in [-0.2, -0.15) is 0 Å². The maximum absolute atomic E-state index is 11.9. The number of ether oxygens (including phenoxy) is 2. The molecule has 0 aliphatic heterocycles. The lowest BCUT2D eigenvalue weighted by Gasteiger charge is -2.12. The van der Waals surface area contributed by atoms with E-state index in [9.17, 15) is 9.59 Å². The molecular formula is C22H37N3O4. The number of amides is 2. The molecule has 0 aliphatic carbocycles. The quantitative estimate of drug-likeness (QED) is 0.381. The first kappa shape index (κ1) is 24.8. The zero-order valence-corrected chi connectivity index (χ0v) is 17.9. The third-order valence-electron chi connectivity index (χ3n) is 4.51. The van der Waals surface area contributed by atoms with Gasteiger partial charge < -0.3 is 25.4 Å². The molecule has 0 unspecified atom stereocenters. The average Bonchev–Trinajstić information content (AvgIpc) is 2.73. The van der Waals surface area contributed by atoms with Crippen LogP contribution in [0.1, 0.15) is 63.0 Å². The number of carbonyl (C=O) groups is 2. The summed E-state index contributed by atoms with van der Waals surface area (Å²) in [6.07, 6.45) is 7.03. The van der Waals surface area contributed by atoms with Gasteiger partial charge in [0, 0.05) is 13.1 Å². The number of carbonyl (C=O) groups excluding carboxylic acids is 2. The Bertz CT molecular complexity index is 581. The van der Waals surface area contributed by atoms with Crippen LogP contribution in [0, 0.1) is 0 Å². The Kier molecular flexibility index (Phi) is 14.2. The lowest BCUT2D eigenvalue weighted by Crippen LogP contribution is -2.27. The van der Waals surface area contributed by atoms with Crippen LogP contribution in [0.3, 0.4) is 0 Å². The van der Waals surface area contributed by atoms with Gasteiger partial charge in [0.2, 0.25) is 0 Å². The summed E-state index contributed by atoms with van der Waals surface area (Å²) >= 11 is 0. The molecule has 0 heterocycles. The molecule has 0 fully saturated rings. The van der Waals surface area contributed by atoms with E-state index in [1.165, 1.54) is 25.7 Å². The van der Waals surface area contributed by atoms with Crippen LogP contribution < -0.4 is 16.0 Å². The summed E-state index contributed by atoms with van der Waals surface area (Å²) in [6, 6.07) is 7.46. The van der Waals surface area contributed by atoms with Crippen LogP contribution in [0.25, 0.3) is 0 Å². The number of unbranched alkanes of at least 4 members (excludes halogenated alkanes) is 5. The second-order valence-corrected chi connectivity index (χ2v) is 7.00. The van der Waals surface area contributed by atoms with Crippen molar-refractivity contribution in [1.29, 1.82) is 0 Å². The number of rotatable bonds is 15. The molecule has 0 spiro atoms. The van der Waals surface area contributed by atoms with Crippen molar-refractivity contribution in [3.8, 4) is 0 Å². The third kappa shape index (κ3) is 12.7. The Balaban J connectivity index is 2.25. The van der Waals surface area contributed by atoms with Crippen LogP contribution in [-0.4, -0.2) is 38.9 Å². The van der Waals surface area contributed by atoms with E-state index in [-0.39, 0.29) is 13.2 Å². The highest BCUT2D eigenvalue weighted by atomic mass is 16.6. The van der Waals surface area contributed by atoms with E-state index in [4.69, 9.17) is 9.47 Å². The third-order valence-corrected chi connectivity index (χ3v) is 4.51. The van der Waals surface area contributed by atoms with Gasteiger partial charge in [-0.15, -0.1) is 0 Å². The predicted molar refractivity (Wildman–Crippen MR) is 115 cm³/mol. The van der Waals surface area contributed by atoms with Crippen molar-refractivity contribution in [3.63, 3.8) is 0 Å². The first-order valence-electron chi connectivity index (χ1n) is 10.7. The smallest absolute Gasteiger partial charge is 0.407 e. The van der Waals surface area contributed by atoms with E-state index in [0.29, 0.717) is 13.1 Å². The normalized spacial score (nSPS) is 10.4. The van der Waals surface area contributed by atoms with Crippen LogP contribution >= 0.6 is 0 Å². The summed E-state index contributed by atoms with van der Waals surface area (Å²) in [5.41, 5.74) is 1.65. The van der Waals surface area contributed by atoms with Crippen LogP contribution in [0.4, 0.5) is 9.59 Å². The highest BCUT2D eigenvalue weighted by Gasteiger charge is 2.08. The lowest BCUT2D eigenvalue weighted by molar-refractivity contribution is 0.131. The van der Waals surface area contributed by atoms with Crippen molar-refractivity contribution in [2.45, 2.75) is 65.1 Å². The van der Waals surface area contributed by atoms with Crippen molar-refractivity contribution in [2.24, 2.45) is 0 Å². The lowest BCUT2D eigenvalue weighted by atomic mass is 10.1. The minimum atomic E-state index is -0.450. The molecule has 0 aliphatic rings. The standard InChI is InChI=1S/C22H37N3O4/c1-3-4-5-6-7-10-15-24-21(26)28-17-19-12-8-9-13-20(19)18-29-22(27)25-16-11-14-23-2/h8-9,12-13,23H,3-7,10-11,14-18H2,1-2H3,(H,24,26)(H,25,27). The SMILES string of the molecule is CCCCCCCCNC(=O)OCc1ccccc1COC(=O)NCCCNC. The largest absolute Gasteiger partial charge is 0.445 e. The topological polar surface area (TPSA) is 88.7 Å². The molecule has 2 amide bonds. The Hall–Kier alpha value is -2.28. The average molecular weight is 408 g/mol. The fraction of sp³-hybridized carbons (Fsp3) is 0.636. The van der Waals surface area contributed by atoms with Crippen LogP contribution in [0.5, 0.6) is 0 Å². The Morgan fingerprint density at radius 2 is 1.28 bits per heavy atom. The van der Waals surface area contributed by atoms with Gasteiger partial charge in [0.25, 0.3) is 0 Å². The molecule has 164 valence electrons. The molecule has 0 radical (unpaired) electrons. The zero-order chi connectivity index (χ0) is 21.2. The molecule has 3 N–H and O–H groups in total. The van der Waals surface area contributed by atoms with Crippen LogP contribution in [-0.2, 0) is 22.7 Å². The summed E-state index contributed by atoms with van der Waals surface area (Å²) in [6.45, 7) is 4.50. The van der Waals surface area contributed by atoms with Gasteiger partial charge >= 0.3 is 12.2 Å². The maximum Gasteiger partial charge on any atom is 0.407 e. The van der Waals surface area contributed by atoms with Gasteiger partial charge in [0.15, 0.2) is 0 Å². The highest BCUT2D eigenvalue weighted by Crippen LogP contribution is 2.12. The fourth-order valence-electron chi connectivity index (χ4n) is 2.78. The summed E-state index contributed by atoms with van der Waals surface area (Å²) in [7, 11) is 1.87. The van der Waals surface area contributed by atoms with Gasteiger partial charge in [-0.1, -0.05) is 63.3 Å². The zero-order valence-electron chi connectivity index (χ0n) is 17.9. The number of nitrogens with one attached hydrogen (secondary N) is 3. The molecule has 1 aromatic rings. The van der Waals surface area contributed by atoms with Crippen molar-refractivity contribution in [3.05, 3.63) is 35.4 Å². The van der Waals surface area contributed by atoms with Gasteiger partial charge in [0.1, 0.15) is 13.2 Å². The monoisotopic (exact) mass is 407 g/mol. The summed E-state index contributed by atoms with van der Waals surface area (Å²) in [5, 5.41) is 8.51. The molecule has 29 heavy (non-hydrogen) atoms. The van der Waals surface area contributed by atoms with E-state index >= 15 is 0 Å². The molecule has 7 nitrogen and oxygen atoms in total. The van der Waals surface area contributed by atoms with Gasteiger partial charge in [-0.3, -0.25) is 0 Å². The van der Waals surface area contributed by atoms with Gasteiger partial charge in [-0.05, 0) is 37.6 Å². The van der Waals surface area contributed by atoms with E-state index in [2.05, 4.69) is 22.9 Å². The maximum atomic E-state index is 11.9. The molecule has 0 saturated carbocycles. The minimum absolute atomic E-state index is 0.136. The molecule has 1 aromatic carbocycles. The van der Waals surface area contributed by atoms with Crippen molar-refractivity contribution >= 4 is 12.2 Å². The molecule has 7 heteroatoms. The summed E-state index contributed by atoms with van der Waals surface area (Å²) in [5.74, 6) is 0. The number of hydrogen-bond donors (Lipinski definition) is 3. The minimum Gasteiger partial charge on any atom is -0.445 e. The highest BCUT2D eigenvalue weighted by molar-refractivity contribution is 5.67. The molecule has 0 saturated heterocycles. The number of benzene rings is 1. The summed E-state index contributed by atoms with van der Waals surface area (Å²) < 4.78 is 10.5. The van der Waals surface area contributed by atoms with Crippen molar-refractivity contribution < 1.29 is 19.1 Å². The Labute approximate surface area is 174 Å². The predicted octanol–water partition coefficient (Wildman–Crippen LogP) is 4.11. The first-order chi connectivity index (χ1) is 14.2. The second-order valence-electron chi connectivity index (χ2n) is 7.00. The number of hydrogen-bond acceptors (Lipinski definition) is 5. The first-order valence-corrected chi connectivity index (χ1v) is 10.7. The van der Waals surface area contributed by atoms with Gasteiger partial charge in [-0.25, -0.2) is 9.59 Å². The molecular weight excluding hydrogens is 370 g/mol. The molecule has 0 atom stereocenters. The Morgan fingerprint density at radius 1 is 0.759 bits per heavy atom. The number of alkyl carbamates (subject to hydrolysis) is 2. The summed E-state index contributed by atoms with van der Waals surface area (Å²) in [4.78, 5) is 23.6.